The van der Waals surface area contributed by atoms with Crippen molar-refractivity contribution in [3.05, 3.63) is 0 Å². The van der Waals surface area contributed by atoms with Crippen LogP contribution in [0.4, 0.5) is 4.79 Å². The summed E-state index contributed by atoms with van der Waals surface area (Å²) in [5.41, 5.74) is -0.402. The largest absolute Gasteiger partial charge is 0.444 e. The lowest BCUT2D eigenvalue weighted by Gasteiger charge is -2.27. The van der Waals surface area contributed by atoms with Gasteiger partial charge >= 0.3 is 6.09 Å². The summed E-state index contributed by atoms with van der Waals surface area (Å²) in [7, 11) is 0. The highest BCUT2D eigenvalue weighted by atomic mass is 32.1. The molecule has 0 N–H and O–H groups in total. The fraction of sp³-hybridized carbons (Fsp3) is 0.900. The third-order valence-electron chi connectivity index (χ3n) is 2.22. The van der Waals surface area contributed by atoms with E-state index in [2.05, 4.69) is 12.6 Å². The molecule has 0 saturated carbocycles. The average molecular weight is 217 g/mol. The van der Waals surface area contributed by atoms with Crippen molar-refractivity contribution in [2.45, 2.75) is 45.3 Å². The van der Waals surface area contributed by atoms with Gasteiger partial charge in [-0.05, 0) is 33.6 Å². The number of ether oxygens (including phenoxy) is 1. The van der Waals surface area contributed by atoms with Crippen molar-refractivity contribution >= 4 is 18.7 Å². The van der Waals surface area contributed by atoms with Gasteiger partial charge in [0.15, 0.2) is 0 Å². The summed E-state index contributed by atoms with van der Waals surface area (Å²) in [6.45, 7) is 6.46. The van der Waals surface area contributed by atoms with Crippen LogP contribution in [0.2, 0.25) is 0 Å². The maximum atomic E-state index is 11.7. The summed E-state index contributed by atoms with van der Waals surface area (Å²) in [5.74, 6) is 0.721. The highest BCUT2D eigenvalue weighted by Gasteiger charge is 2.30. The Labute approximate surface area is 91.2 Å². The van der Waals surface area contributed by atoms with Crippen molar-refractivity contribution in [1.29, 1.82) is 0 Å². The van der Waals surface area contributed by atoms with Gasteiger partial charge in [0.2, 0.25) is 0 Å². The summed E-state index contributed by atoms with van der Waals surface area (Å²) in [6.07, 6.45) is 1.90. The summed E-state index contributed by atoms with van der Waals surface area (Å²) in [6, 6.07) is 0.258. The average Bonchev–Trinajstić information content (AvgIpc) is 2.47. The monoisotopic (exact) mass is 217 g/mol. The Morgan fingerprint density at radius 2 is 2.21 bits per heavy atom. The number of carbonyl (C=O) groups excluding carboxylic acids is 1. The first kappa shape index (κ1) is 11.7. The molecule has 0 aromatic carbocycles. The number of carbonyl (C=O) groups is 1. The molecule has 14 heavy (non-hydrogen) atoms. The van der Waals surface area contributed by atoms with E-state index in [1.54, 1.807) is 4.90 Å². The summed E-state index contributed by atoms with van der Waals surface area (Å²) < 4.78 is 5.31. The second-order valence-corrected chi connectivity index (χ2v) is 5.02. The van der Waals surface area contributed by atoms with Gasteiger partial charge in [-0.3, -0.25) is 0 Å². The molecule has 1 aliphatic heterocycles. The lowest BCUT2D eigenvalue weighted by atomic mass is 10.2. The zero-order valence-corrected chi connectivity index (χ0v) is 10.0. The van der Waals surface area contributed by atoms with E-state index in [1.807, 2.05) is 20.8 Å². The maximum absolute atomic E-state index is 11.7. The van der Waals surface area contributed by atoms with Crippen molar-refractivity contribution in [3.63, 3.8) is 0 Å². The number of hydrogen-bond acceptors (Lipinski definition) is 3. The molecule has 1 heterocycles. The molecule has 4 heteroatoms. The lowest BCUT2D eigenvalue weighted by molar-refractivity contribution is 0.0242. The first-order chi connectivity index (χ1) is 6.44. The number of nitrogens with zero attached hydrogens (tertiary/aromatic N) is 1. The van der Waals surface area contributed by atoms with Crippen LogP contribution >= 0.6 is 12.6 Å². The van der Waals surface area contributed by atoms with Crippen molar-refractivity contribution in [3.8, 4) is 0 Å². The summed E-state index contributed by atoms with van der Waals surface area (Å²) in [4.78, 5) is 13.5. The number of amides is 1. The zero-order chi connectivity index (χ0) is 10.8. The fourth-order valence-electron chi connectivity index (χ4n) is 1.59. The Kier molecular flexibility index (Phi) is 3.70. The van der Waals surface area contributed by atoms with Crippen LogP contribution in [0.15, 0.2) is 0 Å². The molecule has 0 bridgehead atoms. The van der Waals surface area contributed by atoms with Crippen LogP contribution in [-0.4, -0.2) is 34.9 Å². The zero-order valence-electron chi connectivity index (χ0n) is 9.12. The van der Waals surface area contributed by atoms with Crippen molar-refractivity contribution in [2.75, 3.05) is 12.3 Å². The van der Waals surface area contributed by atoms with Crippen molar-refractivity contribution < 1.29 is 9.53 Å². The number of thiol groups is 1. The van der Waals surface area contributed by atoms with Gasteiger partial charge in [0.05, 0.1) is 0 Å². The predicted octanol–water partition coefficient (Wildman–Crippen LogP) is 2.32. The minimum atomic E-state index is -0.402. The van der Waals surface area contributed by atoms with E-state index in [4.69, 9.17) is 4.74 Å². The van der Waals surface area contributed by atoms with E-state index in [9.17, 15) is 4.79 Å². The normalized spacial score (nSPS) is 22.6. The minimum absolute atomic E-state index is 0.200. The molecule has 0 radical (unpaired) electrons. The van der Waals surface area contributed by atoms with Crippen LogP contribution in [0.1, 0.15) is 33.6 Å². The van der Waals surface area contributed by atoms with Gasteiger partial charge in [-0.2, -0.15) is 12.6 Å². The van der Waals surface area contributed by atoms with Gasteiger partial charge in [0.25, 0.3) is 0 Å². The Balaban J connectivity index is 2.52. The predicted molar refractivity (Wildman–Crippen MR) is 59.8 cm³/mol. The van der Waals surface area contributed by atoms with Crippen molar-refractivity contribution in [2.24, 2.45) is 0 Å². The number of hydrogen-bond donors (Lipinski definition) is 1. The lowest BCUT2D eigenvalue weighted by Crippen LogP contribution is -2.40. The minimum Gasteiger partial charge on any atom is -0.444 e. The maximum Gasteiger partial charge on any atom is 0.410 e. The molecule has 1 aliphatic rings. The van der Waals surface area contributed by atoms with Gasteiger partial charge in [-0.1, -0.05) is 0 Å². The molecular formula is C10H19NO2S. The third kappa shape index (κ3) is 3.08. The van der Waals surface area contributed by atoms with E-state index in [-0.39, 0.29) is 12.1 Å². The highest BCUT2D eigenvalue weighted by molar-refractivity contribution is 7.80. The molecule has 3 nitrogen and oxygen atoms in total. The smallest absolute Gasteiger partial charge is 0.410 e. The van der Waals surface area contributed by atoms with E-state index >= 15 is 0 Å². The molecule has 82 valence electrons. The van der Waals surface area contributed by atoms with Gasteiger partial charge in [-0.15, -0.1) is 0 Å². The number of likely N-dealkylation sites (tertiary alicyclic amines) is 1. The van der Waals surface area contributed by atoms with Gasteiger partial charge < -0.3 is 9.64 Å². The van der Waals surface area contributed by atoms with E-state index < -0.39 is 5.60 Å². The van der Waals surface area contributed by atoms with Crippen molar-refractivity contribution in [1.82, 2.24) is 4.90 Å². The van der Waals surface area contributed by atoms with Crippen LogP contribution in [0, 0.1) is 0 Å². The molecule has 1 rings (SSSR count). The summed E-state index contributed by atoms with van der Waals surface area (Å²) >= 11 is 4.23. The Hall–Kier alpha value is -0.380. The highest BCUT2D eigenvalue weighted by Crippen LogP contribution is 2.21. The molecule has 1 saturated heterocycles. The SMILES string of the molecule is CC(C)(C)OC(=O)N1CCC[C@H]1CS. The molecular weight excluding hydrogens is 198 g/mol. The van der Waals surface area contributed by atoms with E-state index in [0.29, 0.717) is 0 Å². The number of rotatable bonds is 1. The molecule has 0 aromatic rings. The van der Waals surface area contributed by atoms with E-state index in [0.717, 1.165) is 25.1 Å². The molecule has 1 atom stereocenters. The second kappa shape index (κ2) is 4.43. The molecule has 0 aliphatic carbocycles. The van der Waals surface area contributed by atoms with Crippen LogP contribution in [0.5, 0.6) is 0 Å². The molecule has 1 amide bonds. The standard InChI is InChI=1S/C10H19NO2S/c1-10(2,3)13-9(12)11-6-4-5-8(11)7-14/h8,14H,4-7H2,1-3H3/t8-/m0/s1. The Bertz CT molecular complexity index is 213. The first-order valence-corrected chi connectivity index (χ1v) is 5.68. The second-order valence-electron chi connectivity index (χ2n) is 4.65. The fourth-order valence-corrected chi connectivity index (χ4v) is 1.97. The van der Waals surface area contributed by atoms with E-state index in [1.165, 1.54) is 0 Å². The summed E-state index contributed by atoms with van der Waals surface area (Å²) in [5, 5.41) is 0. The van der Waals surface area contributed by atoms with Gasteiger partial charge in [-0.25, -0.2) is 4.79 Å². The van der Waals surface area contributed by atoms with Gasteiger partial charge in [0.1, 0.15) is 5.60 Å². The topological polar surface area (TPSA) is 29.5 Å². The van der Waals surface area contributed by atoms with Crippen LogP contribution in [0.25, 0.3) is 0 Å². The molecule has 0 aromatic heterocycles. The molecule has 0 spiro atoms. The Morgan fingerprint density at radius 3 is 2.71 bits per heavy atom. The first-order valence-electron chi connectivity index (χ1n) is 5.04. The third-order valence-corrected chi connectivity index (χ3v) is 2.64. The quantitative estimate of drug-likeness (QED) is 0.683. The van der Waals surface area contributed by atoms with Crippen LogP contribution in [0.3, 0.4) is 0 Å². The van der Waals surface area contributed by atoms with Crippen LogP contribution in [-0.2, 0) is 4.74 Å². The molecule has 0 unspecified atom stereocenters. The molecule has 1 fully saturated rings. The Morgan fingerprint density at radius 1 is 1.57 bits per heavy atom. The van der Waals surface area contributed by atoms with Gasteiger partial charge in [0, 0.05) is 18.3 Å². The van der Waals surface area contributed by atoms with Crippen LogP contribution < -0.4 is 0 Å².